The minimum Gasteiger partial charge on any atom is -0.478 e. The molecule has 7 nitrogen and oxygen atoms in total. The standard InChI is InChI=1S/C22H21F2N3O4/c1-13(2)30-20-18(31-22(23)24)9-8-17(27-20)19(15-6-4-10-25-12-15)26-16-7-3-5-14(11-16)21(28)29/h3-13,19,22,26H,1-2H3,(H,28,29). The zero-order chi connectivity index (χ0) is 22.4. The van der Waals surface area contributed by atoms with Crippen LogP contribution in [0.2, 0.25) is 0 Å². The Labute approximate surface area is 177 Å². The SMILES string of the molecule is CC(C)Oc1nc(C(Nc2cccc(C(=O)O)c2)c2cccnc2)ccc1OC(F)F. The number of pyridine rings is 2. The van der Waals surface area contributed by atoms with Crippen LogP contribution in [0.5, 0.6) is 11.6 Å². The van der Waals surface area contributed by atoms with E-state index in [0.717, 1.165) is 5.56 Å². The molecular formula is C22H21F2N3O4. The molecule has 1 unspecified atom stereocenters. The van der Waals surface area contributed by atoms with E-state index in [4.69, 9.17) is 4.74 Å². The monoisotopic (exact) mass is 429 g/mol. The van der Waals surface area contributed by atoms with E-state index in [-0.39, 0.29) is 23.3 Å². The average Bonchev–Trinajstić information content (AvgIpc) is 2.73. The van der Waals surface area contributed by atoms with Crippen molar-refractivity contribution in [1.82, 2.24) is 9.97 Å². The Bertz CT molecular complexity index is 1030. The van der Waals surface area contributed by atoms with Gasteiger partial charge in [-0.25, -0.2) is 9.78 Å². The number of aromatic nitrogens is 2. The number of nitrogens with zero attached hydrogens (tertiary/aromatic N) is 2. The molecule has 31 heavy (non-hydrogen) atoms. The number of hydrogen-bond acceptors (Lipinski definition) is 6. The van der Waals surface area contributed by atoms with E-state index in [2.05, 4.69) is 20.0 Å². The highest BCUT2D eigenvalue weighted by atomic mass is 19.3. The van der Waals surface area contributed by atoms with E-state index in [1.165, 1.54) is 24.3 Å². The third kappa shape index (κ3) is 5.88. The van der Waals surface area contributed by atoms with Gasteiger partial charge in [0.2, 0.25) is 0 Å². The molecular weight excluding hydrogens is 408 g/mol. The number of anilines is 1. The van der Waals surface area contributed by atoms with Crippen molar-refractivity contribution >= 4 is 11.7 Å². The molecule has 0 bridgehead atoms. The molecule has 0 radical (unpaired) electrons. The first-order valence-electron chi connectivity index (χ1n) is 9.45. The Kier molecular flexibility index (Phi) is 6.96. The molecule has 0 spiro atoms. The third-order valence-electron chi connectivity index (χ3n) is 4.14. The first-order valence-corrected chi connectivity index (χ1v) is 9.45. The van der Waals surface area contributed by atoms with Crippen LogP contribution in [0.3, 0.4) is 0 Å². The zero-order valence-corrected chi connectivity index (χ0v) is 16.8. The number of carbonyl (C=O) groups is 1. The summed E-state index contributed by atoms with van der Waals surface area (Å²) in [4.78, 5) is 19.8. The lowest BCUT2D eigenvalue weighted by Crippen LogP contribution is -2.17. The number of carboxylic acids is 1. The second-order valence-corrected chi connectivity index (χ2v) is 6.83. The number of rotatable bonds is 9. The van der Waals surface area contributed by atoms with Crippen LogP contribution in [0, 0.1) is 0 Å². The van der Waals surface area contributed by atoms with E-state index >= 15 is 0 Å². The van der Waals surface area contributed by atoms with Gasteiger partial charge in [-0.2, -0.15) is 8.78 Å². The summed E-state index contributed by atoms with van der Waals surface area (Å²) in [5.74, 6) is -1.30. The fourth-order valence-corrected chi connectivity index (χ4v) is 2.88. The van der Waals surface area contributed by atoms with E-state index in [9.17, 15) is 18.7 Å². The minimum absolute atomic E-state index is 0.0669. The first-order chi connectivity index (χ1) is 14.8. The molecule has 162 valence electrons. The molecule has 0 amide bonds. The van der Waals surface area contributed by atoms with Crippen molar-refractivity contribution in [2.24, 2.45) is 0 Å². The Hall–Kier alpha value is -3.75. The van der Waals surface area contributed by atoms with Gasteiger partial charge in [0.25, 0.3) is 5.88 Å². The maximum Gasteiger partial charge on any atom is 0.387 e. The second kappa shape index (κ2) is 9.84. The quantitative estimate of drug-likeness (QED) is 0.506. The van der Waals surface area contributed by atoms with Gasteiger partial charge in [0.05, 0.1) is 23.4 Å². The van der Waals surface area contributed by atoms with Crippen LogP contribution in [-0.4, -0.2) is 33.8 Å². The van der Waals surface area contributed by atoms with Crippen LogP contribution in [-0.2, 0) is 0 Å². The molecule has 9 heteroatoms. The van der Waals surface area contributed by atoms with E-state index in [1.54, 1.807) is 44.4 Å². The summed E-state index contributed by atoms with van der Waals surface area (Å²) in [7, 11) is 0. The lowest BCUT2D eigenvalue weighted by atomic mass is 10.0. The molecule has 2 heterocycles. The smallest absolute Gasteiger partial charge is 0.387 e. The molecule has 0 saturated heterocycles. The van der Waals surface area contributed by atoms with Crippen LogP contribution in [0.4, 0.5) is 14.5 Å². The summed E-state index contributed by atoms with van der Waals surface area (Å²) in [5, 5.41) is 12.5. The average molecular weight is 429 g/mol. The molecule has 1 atom stereocenters. The Morgan fingerprint density at radius 1 is 1.10 bits per heavy atom. The number of benzene rings is 1. The van der Waals surface area contributed by atoms with Gasteiger partial charge in [0, 0.05) is 18.1 Å². The molecule has 0 fully saturated rings. The number of halogens is 2. The maximum atomic E-state index is 12.8. The fourth-order valence-electron chi connectivity index (χ4n) is 2.88. The van der Waals surface area contributed by atoms with Crippen molar-refractivity contribution in [2.45, 2.75) is 32.6 Å². The van der Waals surface area contributed by atoms with Crippen molar-refractivity contribution in [3.05, 3.63) is 77.7 Å². The molecule has 0 aliphatic carbocycles. The zero-order valence-electron chi connectivity index (χ0n) is 16.8. The largest absolute Gasteiger partial charge is 0.478 e. The summed E-state index contributed by atoms with van der Waals surface area (Å²) in [6, 6.07) is 12.2. The number of aromatic carboxylic acids is 1. The van der Waals surface area contributed by atoms with Crippen molar-refractivity contribution in [3.8, 4) is 11.6 Å². The predicted octanol–water partition coefficient (Wildman–Crippen LogP) is 4.76. The van der Waals surface area contributed by atoms with Crippen LogP contribution in [0.25, 0.3) is 0 Å². The highest BCUT2D eigenvalue weighted by Gasteiger charge is 2.21. The molecule has 2 N–H and O–H groups in total. The van der Waals surface area contributed by atoms with Gasteiger partial charge in [-0.05, 0) is 55.8 Å². The van der Waals surface area contributed by atoms with Gasteiger partial charge in [0.1, 0.15) is 0 Å². The molecule has 3 rings (SSSR count). The molecule has 2 aromatic heterocycles. The summed E-state index contributed by atoms with van der Waals surface area (Å²) in [6.45, 7) is 0.469. The van der Waals surface area contributed by atoms with Crippen LogP contribution >= 0.6 is 0 Å². The maximum absolute atomic E-state index is 12.8. The number of nitrogens with one attached hydrogen (secondary N) is 1. The van der Waals surface area contributed by atoms with E-state index in [0.29, 0.717) is 11.4 Å². The van der Waals surface area contributed by atoms with Gasteiger partial charge < -0.3 is 19.9 Å². The minimum atomic E-state index is -3.02. The summed E-state index contributed by atoms with van der Waals surface area (Å²) in [6.07, 6.45) is 2.93. The normalized spacial score (nSPS) is 11.9. The molecule has 0 aliphatic rings. The second-order valence-electron chi connectivity index (χ2n) is 6.83. The Morgan fingerprint density at radius 3 is 2.55 bits per heavy atom. The Balaban J connectivity index is 2.03. The van der Waals surface area contributed by atoms with E-state index < -0.39 is 18.6 Å². The van der Waals surface area contributed by atoms with E-state index in [1.807, 2.05) is 6.07 Å². The predicted molar refractivity (Wildman–Crippen MR) is 110 cm³/mol. The summed E-state index contributed by atoms with van der Waals surface area (Å²) >= 11 is 0. The third-order valence-corrected chi connectivity index (χ3v) is 4.14. The lowest BCUT2D eigenvalue weighted by Gasteiger charge is -2.22. The topological polar surface area (TPSA) is 93.6 Å². The number of carboxylic acid groups (broad SMARTS) is 1. The molecule has 0 saturated carbocycles. The van der Waals surface area contributed by atoms with Crippen LogP contribution in [0.15, 0.2) is 60.9 Å². The number of hydrogen-bond donors (Lipinski definition) is 2. The van der Waals surface area contributed by atoms with Gasteiger partial charge in [-0.3, -0.25) is 4.98 Å². The van der Waals surface area contributed by atoms with Gasteiger partial charge in [-0.15, -0.1) is 0 Å². The molecule has 1 aromatic carbocycles. The van der Waals surface area contributed by atoms with Crippen molar-refractivity contribution in [3.63, 3.8) is 0 Å². The fraction of sp³-hybridized carbons (Fsp3) is 0.227. The van der Waals surface area contributed by atoms with Crippen LogP contribution in [0.1, 0.15) is 41.5 Å². The highest BCUT2D eigenvalue weighted by Crippen LogP contribution is 2.32. The van der Waals surface area contributed by atoms with Crippen molar-refractivity contribution in [1.29, 1.82) is 0 Å². The molecule has 3 aromatic rings. The first kappa shape index (κ1) is 21.9. The highest BCUT2D eigenvalue weighted by molar-refractivity contribution is 5.88. The Morgan fingerprint density at radius 2 is 1.90 bits per heavy atom. The summed E-state index contributed by atoms with van der Waals surface area (Å²) < 4.78 is 35.7. The van der Waals surface area contributed by atoms with Crippen molar-refractivity contribution < 1.29 is 28.2 Å². The lowest BCUT2D eigenvalue weighted by molar-refractivity contribution is -0.0523. The van der Waals surface area contributed by atoms with Crippen LogP contribution < -0.4 is 14.8 Å². The van der Waals surface area contributed by atoms with Gasteiger partial charge >= 0.3 is 12.6 Å². The van der Waals surface area contributed by atoms with Crippen molar-refractivity contribution in [2.75, 3.05) is 5.32 Å². The number of alkyl halides is 2. The number of ether oxygens (including phenoxy) is 2. The van der Waals surface area contributed by atoms with Gasteiger partial charge in [-0.1, -0.05) is 12.1 Å². The van der Waals surface area contributed by atoms with Gasteiger partial charge in [0.15, 0.2) is 5.75 Å². The molecule has 0 aliphatic heterocycles. The summed E-state index contributed by atoms with van der Waals surface area (Å²) in [5.41, 5.74) is 1.84.